The Hall–Kier alpha value is 0.150. The minimum Gasteiger partial charge on any atom is -0.393 e. The molecule has 3 nitrogen and oxygen atoms in total. The summed E-state index contributed by atoms with van der Waals surface area (Å²) in [6.45, 7) is 1.92. The maximum atomic E-state index is 13.0. The first kappa shape index (κ1) is 13.6. The summed E-state index contributed by atoms with van der Waals surface area (Å²) in [5, 5.41) is 19.4. The van der Waals surface area contributed by atoms with Crippen molar-refractivity contribution >= 4 is 7.14 Å². The number of hydrogen-bond acceptors (Lipinski definition) is 3. The van der Waals surface area contributed by atoms with E-state index in [2.05, 4.69) is 0 Å². The van der Waals surface area contributed by atoms with Gasteiger partial charge in [0.1, 0.15) is 0 Å². The average Bonchev–Trinajstić information content (AvgIpc) is 2.29. The second kappa shape index (κ2) is 5.42. The third-order valence-electron chi connectivity index (χ3n) is 4.69. The monoisotopic (exact) mass is 260 g/mol. The van der Waals surface area contributed by atoms with Crippen molar-refractivity contribution in [3.8, 4) is 0 Å². The fourth-order valence-corrected chi connectivity index (χ4v) is 6.82. The van der Waals surface area contributed by atoms with Crippen LogP contribution < -0.4 is 0 Å². The molecule has 0 aliphatic heterocycles. The van der Waals surface area contributed by atoms with Crippen LogP contribution in [-0.4, -0.2) is 40.4 Å². The van der Waals surface area contributed by atoms with Gasteiger partial charge in [0, 0.05) is 11.3 Å². The van der Waals surface area contributed by atoms with Gasteiger partial charge in [0.05, 0.1) is 19.3 Å². The Labute approximate surface area is 104 Å². The lowest BCUT2D eigenvalue weighted by molar-refractivity contribution is 0.125. The maximum Gasteiger partial charge on any atom is 0.0908 e. The Morgan fingerprint density at radius 1 is 0.882 bits per heavy atom. The number of aliphatic hydroxyl groups excluding tert-OH is 2. The molecule has 0 spiro atoms. The number of aliphatic hydroxyl groups is 2. The largest absolute Gasteiger partial charge is 0.393 e. The molecule has 0 bridgehead atoms. The Kier molecular flexibility index (Phi) is 4.33. The van der Waals surface area contributed by atoms with Gasteiger partial charge in [-0.15, -0.1) is 0 Å². The first-order chi connectivity index (χ1) is 8.00. The van der Waals surface area contributed by atoms with Crippen LogP contribution in [0.25, 0.3) is 0 Å². The molecule has 0 saturated heterocycles. The molecular formula is C13H25O3P. The predicted molar refractivity (Wildman–Crippen MR) is 70.1 cm³/mol. The van der Waals surface area contributed by atoms with Crippen LogP contribution in [0.2, 0.25) is 0 Å². The maximum absolute atomic E-state index is 13.0. The van der Waals surface area contributed by atoms with Gasteiger partial charge in [-0.25, -0.2) is 0 Å². The lowest BCUT2D eigenvalue weighted by Crippen LogP contribution is -2.31. The topological polar surface area (TPSA) is 57.5 Å². The Morgan fingerprint density at radius 2 is 1.29 bits per heavy atom. The van der Waals surface area contributed by atoms with Crippen LogP contribution >= 0.6 is 7.14 Å². The van der Waals surface area contributed by atoms with Crippen LogP contribution in [0.15, 0.2) is 0 Å². The lowest BCUT2D eigenvalue weighted by Gasteiger charge is -2.38. The molecule has 4 atom stereocenters. The zero-order chi connectivity index (χ0) is 12.5. The van der Waals surface area contributed by atoms with Crippen molar-refractivity contribution in [1.82, 2.24) is 0 Å². The Bertz CT molecular complexity index is 279. The fraction of sp³-hybridized carbons (Fsp3) is 1.00. The van der Waals surface area contributed by atoms with Crippen molar-refractivity contribution < 1.29 is 14.8 Å². The van der Waals surface area contributed by atoms with Gasteiger partial charge >= 0.3 is 0 Å². The number of hydrogen-bond donors (Lipinski definition) is 2. The molecule has 4 heteroatoms. The van der Waals surface area contributed by atoms with Gasteiger partial charge in [-0.1, -0.05) is 12.8 Å². The lowest BCUT2D eigenvalue weighted by atomic mass is 9.97. The van der Waals surface area contributed by atoms with Crippen molar-refractivity contribution in [2.24, 2.45) is 0 Å². The molecule has 100 valence electrons. The quantitative estimate of drug-likeness (QED) is 0.750. The normalized spacial score (nSPS) is 43.0. The summed E-state index contributed by atoms with van der Waals surface area (Å²) in [7, 11) is -2.24. The summed E-state index contributed by atoms with van der Waals surface area (Å²) in [5.74, 6) is 0. The summed E-state index contributed by atoms with van der Waals surface area (Å²) in [6, 6.07) is 0. The first-order valence-corrected chi connectivity index (χ1v) is 9.22. The van der Waals surface area contributed by atoms with Gasteiger partial charge in [0.25, 0.3) is 0 Å². The van der Waals surface area contributed by atoms with E-state index in [1.165, 1.54) is 0 Å². The third kappa shape index (κ3) is 3.13. The molecule has 0 radical (unpaired) electrons. The zero-order valence-electron chi connectivity index (χ0n) is 10.7. The average molecular weight is 260 g/mol. The molecule has 2 saturated carbocycles. The van der Waals surface area contributed by atoms with E-state index < -0.39 is 7.14 Å². The second-order valence-corrected chi connectivity index (χ2v) is 9.59. The van der Waals surface area contributed by atoms with Crippen molar-refractivity contribution in [1.29, 1.82) is 0 Å². The van der Waals surface area contributed by atoms with Gasteiger partial charge in [-0.3, -0.25) is 0 Å². The van der Waals surface area contributed by atoms with E-state index in [0.29, 0.717) is 12.8 Å². The van der Waals surface area contributed by atoms with E-state index in [1.807, 2.05) is 6.66 Å². The van der Waals surface area contributed by atoms with Crippen LogP contribution in [0.5, 0.6) is 0 Å². The zero-order valence-corrected chi connectivity index (χ0v) is 11.6. The van der Waals surface area contributed by atoms with Gasteiger partial charge in [-0.2, -0.15) is 0 Å². The molecule has 4 unspecified atom stereocenters. The number of rotatable bonds is 2. The Balaban J connectivity index is 2.03. The smallest absolute Gasteiger partial charge is 0.0908 e. The van der Waals surface area contributed by atoms with Crippen molar-refractivity contribution in [3.63, 3.8) is 0 Å². The molecule has 0 heterocycles. The van der Waals surface area contributed by atoms with Crippen LogP contribution in [0.3, 0.4) is 0 Å². The van der Waals surface area contributed by atoms with Crippen LogP contribution in [0, 0.1) is 0 Å². The van der Waals surface area contributed by atoms with Crippen molar-refractivity contribution in [3.05, 3.63) is 0 Å². The van der Waals surface area contributed by atoms with Gasteiger partial charge in [0.2, 0.25) is 0 Å². The van der Waals surface area contributed by atoms with Crippen molar-refractivity contribution in [2.45, 2.75) is 74.9 Å². The highest BCUT2D eigenvalue weighted by molar-refractivity contribution is 7.64. The van der Waals surface area contributed by atoms with E-state index in [0.717, 1.165) is 38.5 Å². The van der Waals surface area contributed by atoms with E-state index in [1.54, 1.807) is 0 Å². The third-order valence-corrected chi connectivity index (χ3v) is 8.53. The summed E-state index contributed by atoms with van der Waals surface area (Å²) < 4.78 is 13.0. The highest BCUT2D eigenvalue weighted by Gasteiger charge is 2.40. The fourth-order valence-electron chi connectivity index (χ4n) is 3.51. The minimum atomic E-state index is -2.24. The molecule has 0 amide bonds. The van der Waals surface area contributed by atoms with Crippen LogP contribution in [-0.2, 0) is 4.57 Å². The SMILES string of the molecule is CP(=O)(C1CCCC(O)C1)C1CCCC(O)C1. The molecule has 2 rings (SSSR count). The van der Waals surface area contributed by atoms with Gasteiger partial charge in [-0.05, 0) is 45.2 Å². The second-order valence-electron chi connectivity index (χ2n) is 6.01. The molecule has 2 aliphatic carbocycles. The highest BCUT2D eigenvalue weighted by Crippen LogP contribution is 2.59. The van der Waals surface area contributed by atoms with Gasteiger partial charge in [0.15, 0.2) is 0 Å². The molecule has 17 heavy (non-hydrogen) atoms. The standard InChI is InChI=1S/C13H25O3P/c1-17(16,12-6-2-4-10(14)8-12)13-7-3-5-11(15)9-13/h10-15H,2-9H2,1H3. The summed E-state index contributed by atoms with van der Waals surface area (Å²) in [6.07, 6.45) is 6.63. The molecule has 2 N–H and O–H groups in total. The first-order valence-electron chi connectivity index (χ1n) is 6.93. The Morgan fingerprint density at radius 3 is 1.65 bits per heavy atom. The molecule has 0 aromatic carbocycles. The van der Waals surface area contributed by atoms with E-state index >= 15 is 0 Å². The minimum absolute atomic E-state index is 0.196. The predicted octanol–water partition coefficient (Wildman–Crippen LogP) is 2.59. The summed E-state index contributed by atoms with van der Waals surface area (Å²) in [5.41, 5.74) is 0.392. The molecular weight excluding hydrogens is 235 g/mol. The van der Waals surface area contributed by atoms with E-state index in [-0.39, 0.29) is 23.5 Å². The summed E-state index contributed by atoms with van der Waals surface area (Å²) in [4.78, 5) is 0. The molecule has 0 aromatic rings. The van der Waals surface area contributed by atoms with E-state index in [4.69, 9.17) is 0 Å². The molecule has 2 fully saturated rings. The van der Waals surface area contributed by atoms with E-state index in [9.17, 15) is 14.8 Å². The van der Waals surface area contributed by atoms with Gasteiger partial charge < -0.3 is 14.8 Å². The summed E-state index contributed by atoms with van der Waals surface area (Å²) >= 11 is 0. The van der Waals surface area contributed by atoms with Crippen LogP contribution in [0.4, 0.5) is 0 Å². The molecule has 0 aromatic heterocycles. The van der Waals surface area contributed by atoms with Crippen molar-refractivity contribution in [2.75, 3.05) is 6.66 Å². The molecule has 2 aliphatic rings. The van der Waals surface area contributed by atoms with Crippen LogP contribution in [0.1, 0.15) is 51.4 Å². The highest BCUT2D eigenvalue weighted by atomic mass is 31.2.